The third kappa shape index (κ3) is 3.10. The van der Waals surface area contributed by atoms with Gasteiger partial charge in [-0.3, -0.25) is 4.79 Å². The molecule has 2 nitrogen and oxygen atoms in total. The topological polar surface area (TPSA) is 20.3 Å². The van der Waals surface area contributed by atoms with E-state index in [0.717, 1.165) is 30.2 Å². The van der Waals surface area contributed by atoms with Crippen LogP contribution < -0.4 is 4.90 Å². The van der Waals surface area contributed by atoms with E-state index in [1.807, 2.05) is 6.07 Å². The van der Waals surface area contributed by atoms with Gasteiger partial charge in [0.25, 0.3) is 0 Å². The Morgan fingerprint density at radius 2 is 1.85 bits per heavy atom. The highest BCUT2D eigenvalue weighted by atomic mass is 32.1. The molecule has 0 radical (unpaired) electrons. The third-order valence-corrected chi connectivity index (χ3v) is 5.09. The minimum atomic E-state index is 0.791. The standard InChI is InChI=1S/C17H19NOS/c19-13-16-6-7-17(20-16)18-10-8-15(9-11-18)12-14-4-2-1-3-5-14/h1-7,13,15H,8-12H2. The zero-order chi connectivity index (χ0) is 13.8. The highest BCUT2D eigenvalue weighted by Gasteiger charge is 2.20. The summed E-state index contributed by atoms with van der Waals surface area (Å²) in [6.07, 6.45) is 4.61. The predicted octanol–water partition coefficient (Wildman–Crippen LogP) is 4.02. The van der Waals surface area contributed by atoms with Gasteiger partial charge in [-0.2, -0.15) is 0 Å². The molecule has 20 heavy (non-hydrogen) atoms. The lowest BCUT2D eigenvalue weighted by atomic mass is 9.90. The Balaban J connectivity index is 1.55. The minimum Gasteiger partial charge on any atom is -0.363 e. The van der Waals surface area contributed by atoms with Gasteiger partial charge in [0.2, 0.25) is 0 Å². The molecule has 1 saturated heterocycles. The second kappa shape index (κ2) is 6.23. The first-order valence-corrected chi connectivity index (χ1v) is 8.00. The van der Waals surface area contributed by atoms with Gasteiger partial charge in [0.15, 0.2) is 6.29 Å². The molecule has 3 heteroatoms. The Labute approximate surface area is 124 Å². The van der Waals surface area contributed by atoms with E-state index < -0.39 is 0 Å². The number of aldehydes is 1. The molecular weight excluding hydrogens is 266 g/mol. The summed E-state index contributed by atoms with van der Waals surface area (Å²) in [5.74, 6) is 0.791. The van der Waals surface area contributed by atoms with Gasteiger partial charge in [0.05, 0.1) is 9.88 Å². The smallest absolute Gasteiger partial charge is 0.160 e. The maximum atomic E-state index is 10.7. The molecule has 1 aliphatic rings. The highest BCUT2D eigenvalue weighted by Crippen LogP contribution is 2.30. The molecule has 1 aromatic carbocycles. The number of piperidine rings is 1. The number of nitrogens with zero attached hydrogens (tertiary/aromatic N) is 1. The molecule has 3 rings (SSSR count). The van der Waals surface area contributed by atoms with E-state index in [-0.39, 0.29) is 0 Å². The molecule has 0 aliphatic carbocycles. The normalized spacial score (nSPS) is 16.3. The van der Waals surface area contributed by atoms with Crippen LogP contribution in [0.5, 0.6) is 0 Å². The number of hydrogen-bond donors (Lipinski definition) is 0. The Morgan fingerprint density at radius 3 is 2.50 bits per heavy atom. The molecule has 2 heterocycles. The van der Waals surface area contributed by atoms with Crippen molar-refractivity contribution >= 4 is 22.6 Å². The molecule has 0 saturated carbocycles. The summed E-state index contributed by atoms with van der Waals surface area (Å²) in [5.41, 5.74) is 1.45. The number of rotatable bonds is 4. The average Bonchev–Trinajstić information content (AvgIpc) is 2.98. The van der Waals surface area contributed by atoms with Crippen LogP contribution in [-0.2, 0) is 6.42 Å². The quantitative estimate of drug-likeness (QED) is 0.791. The molecule has 104 valence electrons. The molecule has 1 aromatic heterocycles. The second-order valence-electron chi connectivity index (χ2n) is 5.41. The van der Waals surface area contributed by atoms with Crippen LogP contribution in [0.3, 0.4) is 0 Å². The maximum Gasteiger partial charge on any atom is 0.160 e. The van der Waals surface area contributed by atoms with Gasteiger partial charge in [0, 0.05) is 13.1 Å². The van der Waals surface area contributed by atoms with Crippen molar-refractivity contribution in [3.63, 3.8) is 0 Å². The van der Waals surface area contributed by atoms with Gasteiger partial charge in [-0.15, -0.1) is 11.3 Å². The Kier molecular flexibility index (Phi) is 4.16. The number of carbonyl (C=O) groups is 1. The summed E-state index contributed by atoms with van der Waals surface area (Å²) >= 11 is 1.60. The van der Waals surface area contributed by atoms with Crippen LogP contribution in [0.15, 0.2) is 42.5 Å². The first-order chi connectivity index (χ1) is 9.85. The van der Waals surface area contributed by atoms with Crippen LogP contribution in [0.1, 0.15) is 28.1 Å². The van der Waals surface area contributed by atoms with Gasteiger partial charge in [-0.25, -0.2) is 0 Å². The molecule has 0 atom stereocenters. The largest absolute Gasteiger partial charge is 0.363 e. The van der Waals surface area contributed by atoms with Crippen molar-refractivity contribution in [2.45, 2.75) is 19.3 Å². The van der Waals surface area contributed by atoms with Crippen LogP contribution >= 0.6 is 11.3 Å². The molecule has 1 aliphatic heterocycles. The van der Waals surface area contributed by atoms with Crippen LogP contribution in [0, 0.1) is 5.92 Å². The molecule has 2 aromatic rings. The fraction of sp³-hybridized carbons (Fsp3) is 0.353. The second-order valence-corrected chi connectivity index (χ2v) is 6.51. The van der Waals surface area contributed by atoms with Crippen molar-refractivity contribution in [3.8, 4) is 0 Å². The van der Waals surface area contributed by atoms with Crippen molar-refractivity contribution in [1.29, 1.82) is 0 Å². The first-order valence-electron chi connectivity index (χ1n) is 7.19. The van der Waals surface area contributed by atoms with Gasteiger partial charge >= 0.3 is 0 Å². The van der Waals surface area contributed by atoms with Crippen molar-refractivity contribution in [3.05, 3.63) is 52.9 Å². The molecule has 0 N–H and O–H groups in total. The molecule has 0 unspecified atom stereocenters. The molecule has 1 fully saturated rings. The lowest BCUT2D eigenvalue weighted by molar-refractivity contribution is 0.112. The SMILES string of the molecule is O=Cc1ccc(N2CCC(Cc3ccccc3)CC2)s1. The summed E-state index contributed by atoms with van der Waals surface area (Å²) in [5, 5.41) is 1.24. The molecule has 0 amide bonds. The minimum absolute atomic E-state index is 0.791. The summed E-state index contributed by atoms with van der Waals surface area (Å²) < 4.78 is 0. The van der Waals surface area contributed by atoms with E-state index in [2.05, 4.69) is 41.3 Å². The number of hydrogen-bond acceptors (Lipinski definition) is 3. The number of anilines is 1. The zero-order valence-electron chi connectivity index (χ0n) is 11.5. The van der Waals surface area contributed by atoms with Gasteiger partial charge in [0.1, 0.15) is 0 Å². The summed E-state index contributed by atoms with van der Waals surface area (Å²) in [6.45, 7) is 2.21. The molecular formula is C17H19NOS. The predicted molar refractivity (Wildman–Crippen MR) is 84.8 cm³/mol. The van der Waals surface area contributed by atoms with E-state index in [9.17, 15) is 4.79 Å². The Morgan fingerprint density at radius 1 is 1.10 bits per heavy atom. The molecule has 0 bridgehead atoms. The van der Waals surface area contributed by atoms with E-state index in [0.29, 0.717) is 0 Å². The monoisotopic (exact) mass is 285 g/mol. The summed E-state index contributed by atoms with van der Waals surface area (Å²) in [6, 6.07) is 14.8. The Bertz CT molecular complexity index is 555. The molecule has 0 spiro atoms. The van der Waals surface area contributed by atoms with Crippen LogP contribution in [-0.4, -0.2) is 19.4 Å². The average molecular weight is 285 g/mol. The number of thiophene rings is 1. The Hall–Kier alpha value is -1.61. The number of carbonyl (C=O) groups excluding carboxylic acids is 1. The van der Waals surface area contributed by atoms with E-state index in [4.69, 9.17) is 0 Å². The fourth-order valence-corrected chi connectivity index (χ4v) is 3.75. The van der Waals surface area contributed by atoms with Crippen molar-refractivity contribution in [2.24, 2.45) is 5.92 Å². The van der Waals surface area contributed by atoms with Crippen molar-refractivity contribution < 1.29 is 4.79 Å². The van der Waals surface area contributed by atoms with Crippen molar-refractivity contribution in [2.75, 3.05) is 18.0 Å². The lowest BCUT2D eigenvalue weighted by Gasteiger charge is -2.32. The fourth-order valence-electron chi connectivity index (χ4n) is 2.88. The maximum absolute atomic E-state index is 10.7. The highest BCUT2D eigenvalue weighted by molar-refractivity contribution is 7.17. The van der Waals surface area contributed by atoms with Crippen LogP contribution in [0.25, 0.3) is 0 Å². The van der Waals surface area contributed by atoms with Gasteiger partial charge < -0.3 is 4.90 Å². The van der Waals surface area contributed by atoms with E-state index in [1.165, 1.54) is 29.8 Å². The van der Waals surface area contributed by atoms with E-state index >= 15 is 0 Å². The zero-order valence-corrected chi connectivity index (χ0v) is 12.3. The lowest BCUT2D eigenvalue weighted by Crippen LogP contribution is -2.33. The first kappa shape index (κ1) is 13.4. The van der Waals surface area contributed by atoms with Crippen molar-refractivity contribution in [1.82, 2.24) is 0 Å². The van der Waals surface area contributed by atoms with Crippen LogP contribution in [0.2, 0.25) is 0 Å². The third-order valence-electron chi connectivity index (χ3n) is 4.02. The van der Waals surface area contributed by atoms with E-state index in [1.54, 1.807) is 11.3 Å². The van der Waals surface area contributed by atoms with Gasteiger partial charge in [-0.05, 0) is 42.9 Å². The summed E-state index contributed by atoms with van der Waals surface area (Å²) in [4.78, 5) is 14.0. The van der Waals surface area contributed by atoms with Gasteiger partial charge in [-0.1, -0.05) is 30.3 Å². The number of benzene rings is 1. The summed E-state index contributed by atoms with van der Waals surface area (Å²) in [7, 11) is 0. The van der Waals surface area contributed by atoms with Crippen LogP contribution in [0.4, 0.5) is 5.00 Å².